The molecule has 2 amide bonds. The number of fused-ring (bicyclic) bond motifs is 1. The quantitative estimate of drug-likeness (QED) is 0.423. The molecule has 0 saturated carbocycles. The molecule has 0 spiro atoms. The molecule has 0 aliphatic carbocycles. The number of hydrazine groups is 1. The second-order valence-corrected chi connectivity index (χ2v) is 7.65. The lowest BCUT2D eigenvalue weighted by Gasteiger charge is -2.24. The minimum absolute atomic E-state index is 0.00647. The number of rotatable bonds is 12. The summed E-state index contributed by atoms with van der Waals surface area (Å²) in [5, 5.41) is 11.2. The fourth-order valence-electron chi connectivity index (χ4n) is 3.26. The number of para-hydroxylation sites is 1. The van der Waals surface area contributed by atoms with Gasteiger partial charge in [0.2, 0.25) is 11.8 Å². The summed E-state index contributed by atoms with van der Waals surface area (Å²) < 4.78 is 2.25. The molecule has 2 aromatic rings. The van der Waals surface area contributed by atoms with Gasteiger partial charge < -0.3 is 15.2 Å². The number of aromatic nitrogens is 1. The number of carbonyl (C=O) groups is 2. The second kappa shape index (κ2) is 11.6. The van der Waals surface area contributed by atoms with Crippen molar-refractivity contribution < 1.29 is 9.59 Å². The number of hydrogen-bond donors (Lipinski definition) is 2. The molecule has 29 heavy (non-hydrogen) atoms. The highest BCUT2D eigenvalue weighted by Crippen LogP contribution is 2.21. The first-order valence-electron chi connectivity index (χ1n) is 10.3. The SMILES string of the molecule is CC(=O)NCCCCCNC(=O)CCn1c(CN(C)N(C)C)cc2ccccc21. The Morgan fingerprint density at radius 3 is 2.38 bits per heavy atom. The van der Waals surface area contributed by atoms with Gasteiger partial charge in [-0.1, -0.05) is 18.2 Å². The van der Waals surface area contributed by atoms with E-state index in [-0.39, 0.29) is 11.8 Å². The predicted octanol–water partition coefficient (Wildman–Crippen LogP) is 2.36. The number of nitrogens with one attached hydrogen (secondary N) is 2. The normalized spacial score (nSPS) is 11.4. The van der Waals surface area contributed by atoms with E-state index in [1.54, 1.807) is 0 Å². The van der Waals surface area contributed by atoms with Crippen molar-refractivity contribution in [1.82, 2.24) is 25.2 Å². The summed E-state index contributed by atoms with van der Waals surface area (Å²) in [5.74, 6) is 0.0866. The Bertz CT molecular complexity index is 800. The van der Waals surface area contributed by atoms with Crippen LogP contribution in [0.4, 0.5) is 0 Å². The largest absolute Gasteiger partial charge is 0.356 e. The van der Waals surface area contributed by atoms with Crippen LogP contribution in [-0.4, -0.2) is 60.6 Å². The van der Waals surface area contributed by atoms with Crippen molar-refractivity contribution in [3.63, 3.8) is 0 Å². The van der Waals surface area contributed by atoms with Crippen LogP contribution in [0.1, 0.15) is 38.3 Å². The number of unbranched alkanes of at least 4 members (excludes halogenated alkanes) is 2. The number of aryl methyl sites for hydroxylation is 1. The zero-order chi connectivity index (χ0) is 21.2. The molecular weight excluding hydrogens is 366 g/mol. The molecule has 7 nitrogen and oxygen atoms in total. The maximum Gasteiger partial charge on any atom is 0.221 e. The molecule has 0 atom stereocenters. The van der Waals surface area contributed by atoms with E-state index in [4.69, 9.17) is 0 Å². The Balaban J connectivity index is 1.84. The number of nitrogens with zero attached hydrogens (tertiary/aromatic N) is 3. The summed E-state index contributed by atoms with van der Waals surface area (Å²) in [6.07, 6.45) is 3.32. The highest BCUT2D eigenvalue weighted by Gasteiger charge is 2.12. The molecule has 7 heteroatoms. The van der Waals surface area contributed by atoms with Crippen molar-refractivity contribution in [2.75, 3.05) is 34.2 Å². The van der Waals surface area contributed by atoms with Gasteiger partial charge in [0.05, 0.1) is 6.54 Å². The van der Waals surface area contributed by atoms with Gasteiger partial charge >= 0.3 is 0 Å². The third kappa shape index (κ3) is 7.51. The van der Waals surface area contributed by atoms with E-state index in [1.807, 2.05) is 26.2 Å². The van der Waals surface area contributed by atoms with Gasteiger partial charge in [0, 0.05) is 65.3 Å². The first-order valence-corrected chi connectivity index (χ1v) is 10.3. The Kier molecular flexibility index (Phi) is 9.15. The van der Waals surface area contributed by atoms with Gasteiger partial charge in [-0.25, -0.2) is 10.0 Å². The molecule has 0 bridgehead atoms. The predicted molar refractivity (Wildman–Crippen MR) is 117 cm³/mol. The van der Waals surface area contributed by atoms with Crippen LogP contribution < -0.4 is 10.6 Å². The van der Waals surface area contributed by atoms with Gasteiger partial charge in [-0.2, -0.15) is 0 Å². The number of carbonyl (C=O) groups excluding carboxylic acids is 2. The third-order valence-electron chi connectivity index (χ3n) is 5.08. The smallest absolute Gasteiger partial charge is 0.221 e. The van der Waals surface area contributed by atoms with Crippen molar-refractivity contribution in [2.45, 2.75) is 45.7 Å². The summed E-state index contributed by atoms with van der Waals surface area (Å²) >= 11 is 0. The van der Waals surface area contributed by atoms with Crippen molar-refractivity contribution in [2.24, 2.45) is 0 Å². The maximum absolute atomic E-state index is 12.3. The fraction of sp³-hybridized carbons (Fsp3) is 0.545. The molecule has 160 valence electrons. The zero-order valence-electron chi connectivity index (χ0n) is 18.2. The molecule has 0 unspecified atom stereocenters. The topological polar surface area (TPSA) is 69.6 Å². The lowest BCUT2D eigenvalue weighted by molar-refractivity contribution is -0.121. The Hall–Kier alpha value is -2.38. The monoisotopic (exact) mass is 401 g/mol. The zero-order valence-corrected chi connectivity index (χ0v) is 18.2. The van der Waals surface area contributed by atoms with Crippen LogP contribution in [0.3, 0.4) is 0 Å². The van der Waals surface area contributed by atoms with Gasteiger partial charge in [0.1, 0.15) is 0 Å². The third-order valence-corrected chi connectivity index (χ3v) is 5.08. The Labute approximate surface area is 174 Å². The summed E-state index contributed by atoms with van der Waals surface area (Å²) in [7, 11) is 6.11. The van der Waals surface area contributed by atoms with E-state index in [0.717, 1.165) is 25.8 Å². The molecule has 0 radical (unpaired) electrons. The van der Waals surface area contributed by atoms with Crippen LogP contribution in [0.25, 0.3) is 10.9 Å². The van der Waals surface area contributed by atoms with Crippen molar-refractivity contribution in [1.29, 1.82) is 0 Å². The van der Waals surface area contributed by atoms with Crippen LogP contribution >= 0.6 is 0 Å². The average Bonchev–Trinajstić information content (AvgIpc) is 3.02. The van der Waals surface area contributed by atoms with Crippen LogP contribution in [0.15, 0.2) is 30.3 Å². The van der Waals surface area contributed by atoms with E-state index in [2.05, 4.69) is 50.5 Å². The maximum atomic E-state index is 12.3. The second-order valence-electron chi connectivity index (χ2n) is 7.65. The standard InChI is InChI=1S/C22H35N5O2/c1-18(28)23-13-8-5-9-14-24-22(29)12-15-27-20(17-26(4)25(2)3)16-19-10-6-7-11-21(19)27/h6-7,10-11,16H,5,8-9,12-15,17H2,1-4H3,(H,23,28)(H,24,29). The van der Waals surface area contributed by atoms with Gasteiger partial charge in [0.25, 0.3) is 0 Å². The lowest BCUT2D eigenvalue weighted by atomic mass is 10.2. The molecule has 1 aromatic heterocycles. The van der Waals surface area contributed by atoms with Gasteiger partial charge in [-0.3, -0.25) is 9.59 Å². The van der Waals surface area contributed by atoms with Gasteiger partial charge in [-0.15, -0.1) is 0 Å². The van der Waals surface area contributed by atoms with Crippen LogP contribution in [0, 0.1) is 0 Å². The molecule has 2 rings (SSSR count). The van der Waals surface area contributed by atoms with Crippen LogP contribution in [0.5, 0.6) is 0 Å². The van der Waals surface area contributed by atoms with Gasteiger partial charge in [-0.05, 0) is 36.8 Å². The van der Waals surface area contributed by atoms with Crippen LogP contribution in [0.2, 0.25) is 0 Å². The Morgan fingerprint density at radius 2 is 1.69 bits per heavy atom. The Morgan fingerprint density at radius 1 is 1.00 bits per heavy atom. The van der Waals surface area contributed by atoms with Crippen molar-refractivity contribution in [3.05, 3.63) is 36.0 Å². The molecule has 0 aliphatic rings. The van der Waals surface area contributed by atoms with E-state index in [0.29, 0.717) is 26.1 Å². The molecule has 0 fully saturated rings. The first kappa shape index (κ1) is 22.9. The summed E-state index contributed by atoms with van der Waals surface area (Å²) in [4.78, 5) is 23.1. The fourth-order valence-corrected chi connectivity index (χ4v) is 3.26. The molecule has 1 heterocycles. The van der Waals surface area contributed by atoms with Crippen molar-refractivity contribution >= 4 is 22.7 Å². The first-order chi connectivity index (χ1) is 13.9. The molecular formula is C22H35N5O2. The average molecular weight is 402 g/mol. The van der Waals surface area contributed by atoms with Gasteiger partial charge in [0.15, 0.2) is 0 Å². The van der Waals surface area contributed by atoms with E-state index < -0.39 is 0 Å². The van der Waals surface area contributed by atoms with Crippen LogP contribution in [-0.2, 0) is 22.7 Å². The highest BCUT2D eigenvalue weighted by atomic mass is 16.2. The summed E-state index contributed by atoms with van der Waals surface area (Å²) in [6.45, 7) is 4.37. The minimum Gasteiger partial charge on any atom is -0.356 e. The number of hydrogen-bond acceptors (Lipinski definition) is 4. The molecule has 2 N–H and O–H groups in total. The van der Waals surface area contributed by atoms with E-state index in [1.165, 1.54) is 23.5 Å². The molecule has 1 aromatic carbocycles. The molecule has 0 saturated heterocycles. The summed E-state index contributed by atoms with van der Waals surface area (Å²) in [5.41, 5.74) is 2.37. The minimum atomic E-state index is 0.00647. The van der Waals surface area contributed by atoms with Crippen molar-refractivity contribution in [3.8, 4) is 0 Å². The van der Waals surface area contributed by atoms with E-state index >= 15 is 0 Å². The lowest BCUT2D eigenvalue weighted by Crippen LogP contribution is -2.33. The molecule has 0 aliphatic heterocycles. The summed E-state index contributed by atoms with van der Waals surface area (Å²) in [6, 6.07) is 10.5. The number of benzene rings is 1. The highest BCUT2D eigenvalue weighted by molar-refractivity contribution is 5.82. The van der Waals surface area contributed by atoms with E-state index in [9.17, 15) is 9.59 Å². The number of amides is 2.